The van der Waals surface area contributed by atoms with E-state index in [0.717, 1.165) is 13.0 Å². The van der Waals surface area contributed by atoms with Crippen molar-refractivity contribution in [3.05, 3.63) is 0 Å². The van der Waals surface area contributed by atoms with Crippen molar-refractivity contribution < 1.29 is 13.6 Å². The monoisotopic (exact) mass is 177 g/mol. The Kier molecular flexibility index (Phi) is 2.98. The summed E-state index contributed by atoms with van der Waals surface area (Å²) in [5, 5.41) is 2.88. The van der Waals surface area contributed by atoms with Gasteiger partial charge >= 0.3 is 0 Å². The minimum Gasteiger partial charge on any atom is -0.755 e. The van der Waals surface area contributed by atoms with Gasteiger partial charge in [0.1, 0.15) is 0 Å². The van der Waals surface area contributed by atoms with Crippen LogP contribution in [0.2, 0.25) is 0 Å². The van der Waals surface area contributed by atoms with E-state index < -0.39 is 17.2 Å². The zero-order valence-corrected chi connectivity index (χ0v) is 6.65. The van der Waals surface area contributed by atoms with Crippen LogP contribution in [-0.4, -0.2) is 27.3 Å². The number of rotatable bonds is 2. The van der Waals surface area contributed by atoms with Gasteiger partial charge in [-0.1, -0.05) is 0 Å². The van der Waals surface area contributed by atoms with E-state index in [1.807, 2.05) is 0 Å². The van der Waals surface area contributed by atoms with Gasteiger partial charge in [0.2, 0.25) is 5.91 Å². The molecule has 0 saturated carbocycles. The maximum Gasteiger partial charge on any atom is 0.247 e. The SMILES string of the molecule is O=C(NS(=O)[O-])[C@H]1CCCN1. The van der Waals surface area contributed by atoms with E-state index in [1.165, 1.54) is 0 Å². The summed E-state index contributed by atoms with van der Waals surface area (Å²) in [6, 6.07) is -0.326. The van der Waals surface area contributed by atoms with Crippen molar-refractivity contribution in [1.82, 2.24) is 10.0 Å². The maximum atomic E-state index is 10.9. The number of hydrogen-bond donors (Lipinski definition) is 2. The molecule has 2 atom stereocenters. The summed E-state index contributed by atoms with van der Waals surface area (Å²) < 4.78 is 21.8. The van der Waals surface area contributed by atoms with E-state index >= 15 is 0 Å². The summed E-state index contributed by atoms with van der Waals surface area (Å²) in [5.74, 6) is -0.462. The molecule has 0 aromatic rings. The molecule has 6 heteroatoms. The van der Waals surface area contributed by atoms with Crippen LogP contribution in [0.15, 0.2) is 0 Å². The number of carbonyl (C=O) groups excluding carboxylic acids is 1. The molecule has 5 nitrogen and oxygen atoms in total. The quantitative estimate of drug-likeness (QED) is 0.511. The van der Waals surface area contributed by atoms with Crippen molar-refractivity contribution in [2.45, 2.75) is 18.9 Å². The van der Waals surface area contributed by atoms with Gasteiger partial charge in [-0.25, -0.2) is 0 Å². The summed E-state index contributed by atoms with van der Waals surface area (Å²) in [7, 11) is 0. The average Bonchev–Trinajstić information content (AvgIpc) is 2.35. The van der Waals surface area contributed by atoms with Crippen molar-refractivity contribution in [2.24, 2.45) is 0 Å². The van der Waals surface area contributed by atoms with E-state index in [-0.39, 0.29) is 6.04 Å². The van der Waals surface area contributed by atoms with E-state index in [2.05, 4.69) is 5.32 Å². The normalized spacial score (nSPS) is 26.5. The lowest BCUT2D eigenvalue weighted by Crippen LogP contribution is -2.40. The molecule has 1 unspecified atom stereocenters. The first kappa shape index (κ1) is 8.63. The molecule has 64 valence electrons. The van der Waals surface area contributed by atoms with E-state index in [0.29, 0.717) is 6.42 Å². The smallest absolute Gasteiger partial charge is 0.247 e. The fraction of sp³-hybridized carbons (Fsp3) is 0.800. The van der Waals surface area contributed by atoms with Gasteiger partial charge in [0.25, 0.3) is 0 Å². The standard InChI is InChI=1S/C5H10N2O3S/c8-5(7-11(9)10)4-2-1-3-6-4/h4,6H,1-3H2,(H,7,8)(H,9,10)/p-1/t4-/m1/s1. The lowest BCUT2D eigenvalue weighted by Gasteiger charge is -2.11. The Hall–Kier alpha value is -0.460. The summed E-state index contributed by atoms with van der Waals surface area (Å²) >= 11 is -2.48. The molecule has 0 bridgehead atoms. The van der Waals surface area contributed by atoms with Crippen molar-refractivity contribution in [1.29, 1.82) is 0 Å². The zero-order valence-electron chi connectivity index (χ0n) is 5.83. The van der Waals surface area contributed by atoms with Crippen LogP contribution >= 0.6 is 0 Å². The Balaban J connectivity index is 2.34. The Bertz CT molecular complexity index is 179. The van der Waals surface area contributed by atoms with Gasteiger partial charge in [0.05, 0.1) is 6.04 Å². The topological polar surface area (TPSA) is 81.3 Å². The summed E-state index contributed by atoms with van der Waals surface area (Å²) in [4.78, 5) is 10.9. The molecule has 0 radical (unpaired) electrons. The van der Waals surface area contributed by atoms with Crippen LogP contribution in [0.5, 0.6) is 0 Å². The molecule has 2 N–H and O–H groups in total. The lowest BCUT2D eigenvalue weighted by atomic mass is 10.2. The summed E-state index contributed by atoms with van der Waals surface area (Å²) in [6.07, 6.45) is 1.63. The largest absolute Gasteiger partial charge is 0.755 e. The first-order chi connectivity index (χ1) is 5.20. The highest BCUT2D eigenvalue weighted by molar-refractivity contribution is 7.77. The van der Waals surface area contributed by atoms with Gasteiger partial charge < -0.3 is 9.87 Å². The highest BCUT2D eigenvalue weighted by Gasteiger charge is 2.21. The first-order valence-electron chi connectivity index (χ1n) is 3.33. The molecule has 1 fully saturated rings. The third-order valence-corrected chi connectivity index (χ3v) is 1.93. The molecule has 0 aliphatic carbocycles. The second kappa shape index (κ2) is 3.80. The molecule has 1 amide bonds. The molecular weight excluding hydrogens is 168 g/mol. The van der Waals surface area contributed by atoms with E-state index in [1.54, 1.807) is 4.72 Å². The van der Waals surface area contributed by atoms with Crippen LogP contribution in [0.1, 0.15) is 12.8 Å². The molecule has 1 rings (SSSR count). The number of hydrogen-bond acceptors (Lipinski definition) is 4. The van der Waals surface area contributed by atoms with Crippen molar-refractivity contribution in [3.8, 4) is 0 Å². The van der Waals surface area contributed by atoms with Gasteiger partial charge in [-0.15, -0.1) is 0 Å². The van der Waals surface area contributed by atoms with E-state index in [9.17, 15) is 13.6 Å². The predicted octanol–water partition coefficient (Wildman–Crippen LogP) is -1.35. The fourth-order valence-corrected chi connectivity index (χ4v) is 1.37. The Morgan fingerprint density at radius 1 is 1.73 bits per heavy atom. The molecule has 1 saturated heterocycles. The third-order valence-electron chi connectivity index (χ3n) is 1.56. The minimum atomic E-state index is -2.48. The van der Waals surface area contributed by atoms with E-state index in [4.69, 9.17) is 0 Å². The van der Waals surface area contributed by atoms with Crippen molar-refractivity contribution in [2.75, 3.05) is 6.54 Å². The molecule has 0 spiro atoms. The Morgan fingerprint density at radius 3 is 2.91 bits per heavy atom. The van der Waals surface area contributed by atoms with Crippen LogP contribution in [0.25, 0.3) is 0 Å². The summed E-state index contributed by atoms with van der Waals surface area (Å²) in [5.41, 5.74) is 0. The van der Waals surface area contributed by atoms with Gasteiger partial charge in [-0.2, -0.15) is 0 Å². The minimum absolute atomic E-state index is 0.326. The van der Waals surface area contributed by atoms with Crippen LogP contribution in [-0.2, 0) is 16.1 Å². The molecule has 0 aromatic carbocycles. The molecule has 1 aliphatic rings. The highest BCUT2D eigenvalue weighted by Crippen LogP contribution is 2.04. The Labute approximate surface area is 67.0 Å². The molecule has 0 aromatic heterocycles. The maximum absolute atomic E-state index is 10.9. The van der Waals surface area contributed by atoms with Crippen molar-refractivity contribution in [3.63, 3.8) is 0 Å². The average molecular weight is 177 g/mol. The van der Waals surface area contributed by atoms with Gasteiger partial charge in [0, 0.05) is 11.3 Å². The molecular formula is C5H9N2O3S-. The zero-order chi connectivity index (χ0) is 8.27. The predicted molar refractivity (Wildman–Crippen MR) is 38.1 cm³/mol. The molecule has 11 heavy (non-hydrogen) atoms. The molecule has 1 heterocycles. The van der Waals surface area contributed by atoms with Crippen molar-refractivity contribution >= 4 is 17.2 Å². The first-order valence-corrected chi connectivity index (χ1v) is 4.41. The number of nitrogens with one attached hydrogen (secondary N) is 2. The van der Waals surface area contributed by atoms with Gasteiger partial charge in [0.15, 0.2) is 0 Å². The second-order valence-corrected chi connectivity index (χ2v) is 3.02. The van der Waals surface area contributed by atoms with Crippen LogP contribution < -0.4 is 10.0 Å². The van der Waals surface area contributed by atoms with Crippen LogP contribution in [0.4, 0.5) is 0 Å². The van der Waals surface area contributed by atoms with Gasteiger partial charge in [-0.3, -0.25) is 13.7 Å². The number of carbonyl (C=O) groups is 1. The fourth-order valence-electron chi connectivity index (χ4n) is 1.06. The highest BCUT2D eigenvalue weighted by atomic mass is 32.2. The van der Waals surface area contributed by atoms with Crippen LogP contribution in [0.3, 0.4) is 0 Å². The molecule has 1 aliphatic heterocycles. The number of amides is 1. The lowest BCUT2D eigenvalue weighted by molar-refractivity contribution is -0.121. The second-order valence-electron chi connectivity index (χ2n) is 2.35. The van der Waals surface area contributed by atoms with Crippen LogP contribution in [0, 0.1) is 0 Å². The Morgan fingerprint density at radius 2 is 2.45 bits per heavy atom. The summed E-state index contributed by atoms with van der Waals surface area (Å²) in [6.45, 7) is 0.781. The third kappa shape index (κ3) is 2.57. The van der Waals surface area contributed by atoms with Gasteiger partial charge in [-0.05, 0) is 19.4 Å².